The molecule has 0 fully saturated rings. The lowest BCUT2D eigenvalue weighted by molar-refractivity contribution is -0.116. The number of thioether (sulfide) groups is 1. The Balaban J connectivity index is 1.33. The van der Waals surface area contributed by atoms with Crippen LogP contribution in [0.2, 0.25) is 0 Å². The molecule has 4 aromatic carbocycles. The van der Waals surface area contributed by atoms with Crippen LogP contribution < -0.4 is 10.6 Å². The minimum Gasteiger partial charge on any atom is -0.326 e. The van der Waals surface area contributed by atoms with E-state index in [-0.39, 0.29) is 11.8 Å². The monoisotopic (exact) mass is 551 g/mol. The number of aromatic nitrogens is 1. The summed E-state index contributed by atoms with van der Waals surface area (Å²) in [6.45, 7) is 2.06. The molecule has 1 unspecified atom stereocenters. The van der Waals surface area contributed by atoms with Gasteiger partial charge < -0.3 is 10.6 Å². The van der Waals surface area contributed by atoms with E-state index in [0.29, 0.717) is 11.6 Å². The molecule has 5 aromatic rings. The first-order valence-electron chi connectivity index (χ1n) is 13.0. The number of nitrogens with one attached hydrogen (secondary N) is 2. The molecule has 39 heavy (non-hydrogen) atoms. The molecule has 0 bridgehead atoms. The van der Waals surface area contributed by atoms with Crippen LogP contribution in [0, 0.1) is 0 Å². The molecule has 1 heterocycles. The van der Waals surface area contributed by atoms with E-state index in [4.69, 9.17) is 4.98 Å². The molecule has 5 rings (SSSR count). The largest absolute Gasteiger partial charge is 0.326 e. The summed E-state index contributed by atoms with van der Waals surface area (Å²) in [6.07, 6.45) is 2.33. The molecule has 0 aliphatic rings. The van der Waals surface area contributed by atoms with Crippen molar-refractivity contribution < 1.29 is 9.59 Å². The maximum absolute atomic E-state index is 13.6. The number of hydrogen-bond donors (Lipinski definition) is 2. The number of carbonyl (C=O) groups is 2. The summed E-state index contributed by atoms with van der Waals surface area (Å²) in [5.41, 5.74) is 3.46. The van der Waals surface area contributed by atoms with Crippen molar-refractivity contribution in [1.29, 1.82) is 0 Å². The lowest BCUT2D eigenvalue weighted by Crippen LogP contribution is -2.19. The van der Waals surface area contributed by atoms with Crippen LogP contribution in [-0.2, 0) is 9.59 Å². The smallest absolute Gasteiger partial charge is 0.244 e. The molecule has 0 saturated carbocycles. The van der Waals surface area contributed by atoms with Crippen molar-refractivity contribution in [3.8, 4) is 11.3 Å². The van der Waals surface area contributed by atoms with Crippen molar-refractivity contribution in [2.24, 2.45) is 0 Å². The third-order valence-electron chi connectivity index (χ3n) is 6.25. The number of carbonyl (C=O) groups excluding carboxylic acids is 2. The van der Waals surface area contributed by atoms with Gasteiger partial charge in [0.05, 0.1) is 5.69 Å². The van der Waals surface area contributed by atoms with E-state index in [1.165, 1.54) is 28.5 Å². The van der Waals surface area contributed by atoms with Gasteiger partial charge in [-0.15, -0.1) is 23.1 Å². The molecule has 0 saturated heterocycles. The Kier molecular flexibility index (Phi) is 8.71. The van der Waals surface area contributed by atoms with Gasteiger partial charge in [0.25, 0.3) is 0 Å². The van der Waals surface area contributed by atoms with E-state index >= 15 is 0 Å². The molecule has 196 valence electrons. The zero-order valence-electron chi connectivity index (χ0n) is 21.6. The molecule has 5 nitrogen and oxygen atoms in total. The lowest BCUT2D eigenvalue weighted by atomic mass is 10.1. The molecule has 2 amide bonds. The number of benzene rings is 4. The Hall–Kier alpha value is -3.94. The zero-order chi connectivity index (χ0) is 27.0. The van der Waals surface area contributed by atoms with E-state index in [0.717, 1.165) is 45.6 Å². The van der Waals surface area contributed by atoms with Crippen molar-refractivity contribution in [3.05, 3.63) is 108 Å². The number of fused-ring (bicyclic) bond motifs is 1. The fraction of sp³-hybridized carbons (Fsp3) is 0.156. The summed E-state index contributed by atoms with van der Waals surface area (Å²) < 4.78 is 0. The molecule has 7 heteroatoms. The molecule has 0 radical (unpaired) electrons. The minimum absolute atomic E-state index is 0.00217. The van der Waals surface area contributed by atoms with Gasteiger partial charge in [-0.05, 0) is 47.0 Å². The number of thiazole rings is 1. The van der Waals surface area contributed by atoms with Gasteiger partial charge in [0.15, 0.2) is 5.13 Å². The molecule has 2 N–H and O–H groups in total. The fourth-order valence-electron chi connectivity index (χ4n) is 4.23. The first-order valence-corrected chi connectivity index (χ1v) is 14.7. The number of unbranched alkanes of at least 4 members (excludes halogenated alkanes) is 1. The molecule has 0 aliphatic heterocycles. The van der Waals surface area contributed by atoms with E-state index in [1.807, 2.05) is 72.1 Å². The van der Waals surface area contributed by atoms with Gasteiger partial charge in [0, 0.05) is 27.9 Å². The fourth-order valence-corrected chi connectivity index (χ4v) is 6.03. The number of amides is 2. The third-order valence-corrected chi connectivity index (χ3v) is 8.25. The van der Waals surface area contributed by atoms with E-state index < -0.39 is 5.25 Å². The summed E-state index contributed by atoms with van der Waals surface area (Å²) >= 11 is 2.86. The second-order valence-corrected chi connectivity index (χ2v) is 11.2. The summed E-state index contributed by atoms with van der Waals surface area (Å²) in [4.78, 5) is 31.4. The second-order valence-electron chi connectivity index (χ2n) is 9.18. The average molecular weight is 552 g/mol. The highest BCUT2D eigenvalue weighted by Crippen LogP contribution is 2.38. The van der Waals surface area contributed by atoms with Crippen molar-refractivity contribution >= 4 is 56.5 Å². The standard InChI is InChI=1S/C32H29N3O2S2/c1-2-3-16-29(36)33-26-14-9-15-27(20-26)39-30(23-11-5-4-6-12-23)31(37)35-32-34-28(21-38-32)25-18-17-22-10-7-8-13-24(22)19-25/h4-15,17-21,30H,2-3,16H2,1H3,(H,33,36)(H,34,35,37). The van der Waals surface area contributed by atoms with Gasteiger partial charge in [-0.25, -0.2) is 4.98 Å². The predicted octanol–water partition coefficient (Wildman–Crippen LogP) is 8.56. The maximum atomic E-state index is 13.6. The van der Waals surface area contributed by atoms with Crippen LogP contribution in [-0.4, -0.2) is 16.8 Å². The van der Waals surface area contributed by atoms with Crippen LogP contribution in [0.3, 0.4) is 0 Å². The van der Waals surface area contributed by atoms with Gasteiger partial charge >= 0.3 is 0 Å². The highest BCUT2D eigenvalue weighted by molar-refractivity contribution is 8.00. The Morgan fingerprint density at radius 3 is 2.49 bits per heavy atom. The summed E-state index contributed by atoms with van der Waals surface area (Å²) in [5.74, 6) is -0.148. The van der Waals surface area contributed by atoms with Gasteiger partial charge in [0.2, 0.25) is 11.8 Å². The SMILES string of the molecule is CCCCC(=O)Nc1cccc(SC(C(=O)Nc2nc(-c3ccc4ccccc4c3)cs2)c2ccccc2)c1. The van der Waals surface area contributed by atoms with E-state index in [9.17, 15) is 9.59 Å². The lowest BCUT2D eigenvalue weighted by Gasteiger charge is -2.17. The van der Waals surface area contributed by atoms with Crippen LogP contribution in [0.15, 0.2) is 107 Å². The van der Waals surface area contributed by atoms with Crippen LogP contribution >= 0.6 is 23.1 Å². The average Bonchev–Trinajstić information content (AvgIpc) is 3.43. The van der Waals surface area contributed by atoms with Crippen LogP contribution in [0.5, 0.6) is 0 Å². The number of nitrogens with zero attached hydrogens (tertiary/aromatic N) is 1. The molecular weight excluding hydrogens is 523 g/mol. The Morgan fingerprint density at radius 1 is 0.872 bits per heavy atom. The normalized spacial score (nSPS) is 11.7. The number of hydrogen-bond acceptors (Lipinski definition) is 5. The van der Waals surface area contributed by atoms with Crippen molar-refractivity contribution in [1.82, 2.24) is 4.98 Å². The first-order chi connectivity index (χ1) is 19.1. The zero-order valence-corrected chi connectivity index (χ0v) is 23.2. The predicted molar refractivity (Wildman–Crippen MR) is 163 cm³/mol. The highest BCUT2D eigenvalue weighted by atomic mass is 32.2. The summed E-state index contributed by atoms with van der Waals surface area (Å²) in [5, 5.41) is 10.4. The van der Waals surface area contributed by atoms with Gasteiger partial charge in [-0.2, -0.15) is 0 Å². The quantitative estimate of drug-likeness (QED) is 0.171. The second kappa shape index (κ2) is 12.7. The highest BCUT2D eigenvalue weighted by Gasteiger charge is 2.23. The van der Waals surface area contributed by atoms with Gasteiger partial charge in [0.1, 0.15) is 5.25 Å². The Bertz CT molecular complexity index is 1580. The van der Waals surface area contributed by atoms with Crippen LogP contribution in [0.25, 0.3) is 22.0 Å². The van der Waals surface area contributed by atoms with Crippen molar-refractivity contribution in [3.63, 3.8) is 0 Å². The molecule has 1 aromatic heterocycles. The maximum Gasteiger partial charge on any atom is 0.244 e. The van der Waals surface area contributed by atoms with E-state index in [1.54, 1.807) is 0 Å². The summed E-state index contributed by atoms with van der Waals surface area (Å²) in [6, 6.07) is 31.8. The summed E-state index contributed by atoms with van der Waals surface area (Å²) in [7, 11) is 0. The van der Waals surface area contributed by atoms with Crippen LogP contribution in [0.1, 0.15) is 37.0 Å². The first kappa shape index (κ1) is 26.7. The van der Waals surface area contributed by atoms with Gasteiger partial charge in [-0.1, -0.05) is 86.1 Å². The van der Waals surface area contributed by atoms with Crippen LogP contribution in [0.4, 0.5) is 10.8 Å². The third kappa shape index (κ3) is 6.93. The molecule has 1 atom stereocenters. The Morgan fingerprint density at radius 2 is 1.67 bits per heavy atom. The van der Waals surface area contributed by atoms with Gasteiger partial charge in [-0.3, -0.25) is 9.59 Å². The molecule has 0 aliphatic carbocycles. The molecular formula is C32H29N3O2S2. The van der Waals surface area contributed by atoms with E-state index in [2.05, 4.69) is 47.9 Å². The molecule has 0 spiro atoms. The number of rotatable bonds is 10. The van der Waals surface area contributed by atoms with Crippen molar-refractivity contribution in [2.75, 3.05) is 10.6 Å². The minimum atomic E-state index is -0.495. The Labute approximate surface area is 236 Å². The topological polar surface area (TPSA) is 71.1 Å². The number of anilines is 2. The van der Waals surface area contributed by atoms with Crippen molar-refractivity contribution in [2.45, 2.75) is 36.3 Å².